The van der Waals surface area contributed by atoms with Crippen molar-refractivity contribution in [3.8, 4) is 12.8 Å². The van der Waals surface area contributed by atoms with Gasteiger partial charge in [0.25, 0.3) is 0 Å². The van der Waals surface area contributed by atoms with Gasteiger partial charge in [0.1, 0.15) is 0 Å². The van der Waals surface area contributed by atoms with Crippen LogP contribution in [0, 0.1) is 18.8 Å². The van der Waals surface area contributed by atoms with Gasteiger partial charge in [-0.3, -0.25) is 9.59 Å². The van der Waals surface area contributed by atoms with E-state index in [9.17, 15) is 9.59 Å². The van der Waals surface area contributed by atoms with E-state index in [4.69, 9.17) is 27.9 Å². The largest absolute Gasteiger partial charge is 0.385 e. The molecule has 210 valence electrons. The molecule has 38 heavy (non-hydrogen) atoms. The van der Waals surface area contributed by atoms with Crippen molar-refractivity contribution in [3.05, 3.63) is 68.1 Å². The zero-order valence-electron chi connectivity index (χ0n) is 23.2. The van der Waals surface area contributed by atoms with Crippen LogP contribution in [0.3, 0.4) is 0 Å². The first kappa shape index (κ1) is 33.7. The minimum absolute atomic E-state index is 0.0347. The van der Waals surface area contributed by atoms with Gasteiger partial charge in [0.2, 0.25) is 11.5 Å². The van der Waals surface area contributed by atoms with Crippen molar-refractivity contribution < 1.29 is 9.53 Å². The molecule has 1 aliphatic heterocycles. The molecule has 1 N–H and O–H groups in total. The van der Waals surface area contributed by atoms with Crippen LogP contribution < -0.4 is 10.9 Å². The van der Waals surface area contributed by atoms with E-state index in [1.165, 1.54) is 10.6 Å². The Labute approximate surface area is 238 Å². The summed E-state index contributed by atoms with van der Waals surface area (Å²) in [4.78, 5) is 25.7. The van der Waals surface area contributed by atoms with Gasteiger partial charge in [0.05, 0.1) is 16.0 Å². The Bertz CT molecular complexity index is 1040. The molecule has 8 heteroatoms. The number of piperidine rings is 1. The van der Waals surface area contributed by atoms with Gasteiger partial charge in [-0.25, -0.2) is 0 Å². The molecule has 0 radical (unpaired) electrons. The topological polar surface area (TPSA) is 63.6 Å². The summed E-state index contributed by atoms with van der Waals surface area (Å²) in [6, 6.07) is 9.46. The molecule has 2 heterocycles. The van der Waals surface area contributed by atoms with Crippen molar-refractivity contribution in [2.45, 2.75) is 65.0 Å². The van der Waals surface area contributed by atoms with Crippen LogP contribution in [0.1, 0.15) is 57.1 Å². The average Bonchev–Trinajstić information content (AvgIpc) is 3.80. The molecule has 1 saturated heterocycles. The maximum Gasteiger partial charge on any atom is 0.250 e. The monoisotopic (exact) mass is 563 g/mol. The van der Waals surface area contributed by atoms with E-state index in [0.29, 0.717) is 22.6 Å². The standard InChI is InChI=1S/C20H28Cl2N2O2.C6H7NO.C2H6.C2H2/c1-26-9-3-4-14-10-16(19(22)18(21)11-14)13-24(17-6-7-17)20(25)15-5-2-8-23-12-15;1-7-5-3-2-4-6(7)8;2*1-2/h10-11,15,17,23H,2-9,12-13H2,1H3;2-5H,1H3;1-2H3;1-2H/t15-;;;/m1.../s1. The third-order valence-electron chi connectivity index (χ3n) is 6.24. The average molecular weight is 565 g/mol. The highest BCUT2D eigenvalue weighted by atomic mass is 35.5. The van der Waals surface area contributed by atoms with Gasteiger partial charge in [-0.1, -0.05) is 49.2 Å². The molecule has 2 aliphatic rings. The van der Waals surface area contributed by atoms with Crippen molar-refractivity contribution in [2.75, 3.05) is 26.8 Å². The third kappa shape index (κ3) is 11.2. The Morgan fingerprint density at radius 3 is 2.42 bits per heavy atom. The summed E-state index contributed by atoms with van der Waals surface area (Å²) in [5.74, 6) is 0.347. The van der Waals surface area contributed by atoms with Crippen LogP contribution in [0.5, 0.6) is 0 Å². The van der Waals surface area contributed by atoms with E-state index in [2.05, 4.69) is 24.2 Å². The molecule has 2 fully saturated rings. The molecule has 1 aliphatic carbocycles. The number of benzene rings is 1. The molecule has 2 aromatic rings. The van der Waals surface area contributed by atoms with Gasteiger partial charge >= 0.3 is 0 Å². The van der Waals surface area contributed by atoms with Crippen molar-refractivity contribution in [1.82, 2.24) is 14.8 Å². The number of terminal acetylenes is 1. The summed E-state index contributed by atoms with van der Waals surface area (Å²) in [5, 5.41) is 4.49. The van der Waals surface area contributed by atoms with Gasteiger partial charge in [0, 0.05) is 52.2 Å². The lowest BCUT2D eigenvalue weighted by atomic mass is 9.97. The second-order valence-corrected chi connectivity index (χ2v) is 9.82. The number of amides is 1. The van der Waals surface area contributed by atoms with Crippen LogP contribution in [-0.4, -0.2) is 48.2 Å². The lowest BCUT2D eigenvalue weighted by Crippen LogP contribution is -2.43. The Balaban J connectivity index is 0.000000505. The van der Waals surface area contributed by atoms with Gasteiger partial charge in [0.15, 0.2) is 0 Å². The van der Waals surface area contributed by atoms with Gasteiger partial charge in [-0.2, -0.15) is 0 Å². The second kappa shape index (κ2) is 18.9. The van der Waals surface area contributed by atoms with Crippen LogP contribution in [0.25, 0.3) is 0 Å². The lowest BCUT2D eigenvalue weighted by Gasteiger charge is -2.30. The van der Waals surface area contributed by atoms with E-state index in [1.807, 2.05) is 30.9 Å². The highest BCUT2D eigenvalue weighted by Crippen LogP contribution is 2.34. The molecule has 1 saturated carbocycles. The number of aryl methyl sites for hydroxylation is 2. The van der Waals surface area contributed by atoms with Crippen molar-refractivity contribution in [3.63, 3.8) is 0 Å². The Morgan fingerprint density at radius 2 is 1.89 bits per heavy atom. The highest BCUT2D eigenvalue weighted by molar-refractivity contribution is 6.42. The fraction of sp³-hybridized carbons (Fsp3) is 0.533. The number of carbonyl (C=O) groups is 1. The van der Waals surface area contributed by atoms with Crippen LogP contribution >= 0.6 is 23.2 Å². The first-order valence-electron chi connectivity index (χ1n) is 13.3. The number of rotatable bonds is 8. The van der Waals surface area contributed by atoms with Crippen LogP contribution in [0.15, 0.2) is 41.3 Å². The number of pyridine rings is 1. The number of carbonyl (C=O) groups excluding carboxylic acids is 1. The molecule has 6 nitrogen and oxygen atoms in total. The Hall–Kier alpha value is -2.30. The Kier molecular flexibility index (Phi) is 16.7. The summed E-state index contributed by atoms with van der Waals surface area (Å²) in [5.41, 5.74) is 2.14. The predicted molar refractivity (Wildman–Crippen MR) is 159 cm³/mol. The predicted octanol–water partition coefficient (Wildman–Crippen LogP) is 5.72. The molecule has 0 unspecified atom stereocenters. The Morgan fingerprint density at radius 1 is 1.18 bits per heavy atom. The van der Waals surface area contributed by atoms with Crippen molar-refractivity contribution in [1.29, 1.82) is 0 Å². The number of nitrogens with zero attached hydrogens (tertiary/aromatic N) is 2. The molecule has 0 bridgehead atoms. The number of hydrogen-bond acceptors (Lipinski definition) is 4. The number of aromatic nitrogens is 1. The molecule has 1 atom stereocenters. The van der Waals surface area contributed by atoms with Crippen LogP contribution in [0.4, 0.5) is 0 Å². The number of halogens is 2. The minimum Gasteiger partial charge on any atom is -0.385 e. The highest BCUT2D eigenvalue weighted by Gasteiger charge is 2.36. The number of methoxy groups -OCH3 is 1. The van der Waals surface area contributed by atoms with Crippen molar-refractivity contribution >= 4 is 29.1 Å². The fourth-order valence-corrected chi connectivity index (χ4v) is 4.58. The smallest absolute Gasteiger partial charge is 0.250 e. The summed E-state index contributed by atoms with van der Waals surface area (Å²) in [6.07, 6.45) is 15.8. The first-order chi connectivity index (χ1) is 18.4. The van der Waals surface area contributed by atoms with E-state index in [1.54, 1.807) is 26.4 Å². The molecule has 1 aromatic heterocycles. The zero-order chi connectivity index (χ0) is 28.5. The molecule has 0 spiro atoms. The third-order valence-corrected chi connectivity index (χ3v) is 7.08. The zero-order valence-corrected chi connectivity index (χ0v) is 24.7. The summed E-state index contributed by atoms with van der Waals surface area (Å²) in [6.45, 7) is 7.07. The maximum atomic E-state index is 13.1. The van der Waals surface area contributed by atoms with Gasteiger partial charge < -0.3 is 19.5 Å². The van der Waals surface area contributed by atoms with E-state index in [-0.39, 0.29) is 17.4 Å². The minimum atomic E-state index is 0.0347. The normalized spacial score (nSPS) is 15.9. The number of nitrogens with one attached hydrogen (secondary N) is 1. The molecule has 1 amide bonds. The van der Waals surface area contributed by atoms with Crippen LogP contribution in [-0.2, 0) is 29.5 Å². The lowest BCUT2D eigenvalue weighted by molar-refractivity contribution is -0.137. The second-order valence-electron chi connectivity index (χ2n) is 9.04. The van der Waals surface area contributed by atoms with Crippen LogP contribution in [0.2, 0.25) is 10.0 Å². The molecule has 1 aromatic carbocycles. The SMILES string of the molecule is C#C.CC.COCCCc1cc(Cl)c(Cl)c(CN(C(=O)[C@@H]2CCCNC2)C2CC2)c1.Cn1ccccc1=O. The van der Waals surface area contributed by atoms with E-state index >= 15 is 0 Å². The van der Waals surface area contributed by atoms with Gasteiger partial charge in [-0.05, 0) is 68.3 Å². The summed E-state index contributed by atoms with van der Waals surface area (Å²) in [7, 11) is 3.43. The molecular weight excluding hydrogens is 521 g/mol. The molecule has 4 rings (SSSR count). The van der Waals surface area contributed by atoms with Crippen molar-refractivity contribution in [2.24, 2.45) is 13.0 Å². The van der Waals surface area contributed by atoms with E-state index in [0.717, 1.165) is 69.3 Å². The quantitative estimate of drug-likeness (QED) is 0.329. The molecular formula is C30H43Cl2N3O3. The number of hydrogen-bond donors (Lipinski definition) is 1. The van der Waals surface area contributed by atoms with Gasteiger partial charge in [-0.15, -0.1) is 12.8 Å². The van der Waals surface area contributed by atoms with E-state index < -0.39 is 0 Å². The summed E-state index contributed by atoms with van der Waals surface area (Å²) >= 11 is 12.8. The fourth-order valence-electron chi connectivity index (χ4n) is 4.15. The first-order valence-corrected chi connectivity index (χ1v) is 14.1. The number of ether oxygens (including phenoxy) is 1. The maximum absolute atomic E-state index is 13.1. The summed E-state index contributed by atoms with van der Waals surface area (Å²) < 4.78 is 6.66.